The zero-order chi connectivity index (χ0) is 17.7. The first-order valence-corrected chi connectivity index (χ1v) is 8.93. The Balaban J connectivity index is 1.83. The maximum Gasteiger partial charge on any atom is 0.311 e. The number of hydrogen-bond donors (Lipinski definition) is 1. The van der Waals surface area contributed by atoms with Gasteiger partial charge >= 0.3 is 5.97 Å². The van der Waals surface area contributed by atoms with Gasteiger partial charge in [0.25, 0.3) is 5.91 Å². The number of carbonyl (C=O) groups is 2. The van der Waals surface area contributed by atoms with Crippen LogP contribution in [0.5, 0.6) is 0 Å². The lowest BCUT2D eigenvalue weighted by molar-refractivity contribution is -0.154. The molecule has 0 unspecified atom stereocenters. The number of ether oxygens (including phenoxy) is 1. The van der Waals surface area contributed by atoms with E-state index < -0.39 is 6.10 Å². The first-order valence-electron chi connectivity index (χ1n) is 8.93. The molecule has 0 saturated heterocycles. The highest BCUT2D eigenvalue weighted by atomic mass is 16.5. The molecule has 0 radical (unpaired) electrons. The molecule has 0 bridgehead atoms. The van der Waals surface area contributed by atoms with E-state index in [9.17, 15) is 9.59 Å². The summed E-state index contributed by atoms with van der Waals surface area (Å²) in [5.41, 5.74) is 3.26. The van der Waals surface area contributed by atoms with Gasteiger partial charge in [0.1, 0.15) is 0 Å². The molecule has 4 nitrogen and oxygen atoms in total. The summed E-state index contributed by atoms with van der Waals surface area (Å²) in [5.74, 6) is -0.0686. The number of aryl methyl sites for hydroxylation is 2. The van der Waals surface area contributed by atoms with Crippen LogP contribution in [-0.2, 0) is 20.7 Å². The monoisotopic (exact) mass is 331 g/mol. The van der Waals surface area contributed by atoms with Crippen LogP contribution in [0.25, 0.3) is 0 Å². The van der Waals surface area contributed by atoms with E-state index in [2.05, 4.69) is 12.2 Å². The van der Waals surface area contributed by atoms with Gasteiger partial charge in [-0.3, -0.25) is 9.59 Å². The fourth-order valence-corrected chi connectivity index (χ4v) is 3.20. The minimum atomic E-state index is -0.752. The van der Waals surface area contributed by atoms with Crippen molar-refractivity contribution in [2.75, 3.05) is 0 Å². The van der Waals surface area contributed by atoms with Gasteiger partial charge in [-0.05, 0) is 56.2 Å². The number of benzene rings is 1. The van der Waals surface area contributed by atoms with E-state index in [0.717, 1.165) is 30.4 Å². The van der Waals surface area contributed by atoms with Gasteiger partial charge in [0, 0.05) is 6.04 Å². The zero-order valence-corrected chi connectivity index (χ0v) is 15.2. The van der Waals surface area contributed by atoms with Crippen LogP contribution in [-0.4, -0.2) is 24.0 Å². The molecule has 1 aromatic rings. The van der Waals surface area contributed by atoms with Gasteiger partial charge in [-0.2, -0.15) is 0 Å². The average Bonchev–Trinajstić information content (AvgIpc) is 2.53. The Bertz CT molecular complexity index is 597. The van der Waals surface area contributed by atoms with E-state index in [0.29, 0.717) is 5.92 Å². The summed E-state index contributed by atoms with van der Waals surface area (Å²) in [6.07, 6.45) is 3.98. The Hall–Kier alpha value is -1.84. The van der Waals surface area contributed by atoms with E-state index >= 15 is 0 Å². The van der Waals surface area contributed by atoms with Crippen LogP contribution in [0.2, 0.25) is 0 Å². The van der Waals surface area contributed by atoms with Crippen molar-refractivity contribution in [1.82, 2.24) is 5.32 Å². The van der Waals surface area contributed by atoms with Crippen molar-refractivity contribution in [1.29, 1.82) is 0 Å². The summed E-state index contributed by atoms with van der Waals surface area (Å²) in [6.45, 7) is 7.86. The molecule has 0 spiro atoms. The second kappa shape index (κ2) is 8.32. The molecule has 24 heavy (non-hydrogen) atoms. The number of esters is 1. The molecule has 1 aliphatic carbocycles. The van der Waals surface area contributed by atoms with Crippen LogP contribution in [0.1, 0.15) is 56.2 Å². The van der Waals surface area contributed by atoms with E-state index in [4.69, 9.17) is 4.74 Å². The summed E-state index contributed by atoms with van der Waals surface area (Å²) in [5, 5.41) is 3.04. The summed E-state index contributed by atoms with van der Waals surface area (Å²) >= 11 is 0. The third kappa shape index (κ3) is 5.08. The molecular weight excluding hydrogens is 302 g/mol. The Morgan fingerprint density at radius 3 is 2.58 bits per heavy atom. The average molecular weight is 331 g/mol. The molecule has 1 aromatic carbocycles. The van der Waals surface area contributed by atoms with Gasteiger partial charge in [0.15, 0.2) is 6.10 Å². The number of carbonyl (C=O) groups excluding carboxylic acids is 2. The normalized spacial score (nSPS) is 21.8. The molecule has 3 atom stereocenters. The lowest BCUT2D eigenvalue weighted by atomic mass is 9.86. The largest absolute Gasteiger partial charge is 0.452 e. The van der Waals surface area contributed by atoms with Crippen LogP contribution in [0.15, 0.2) is 18.2 Å². The summed E-state index contributed by atoms with van der Waals surface area (Å²) in [6, 6.07) is 6.12. The van der Waals surface area contributed by atoms with Gasteiger partial charge in [0.2, 0.25) is 0 Å². The van der Waals surface area contributed by atoms with Gasteiger partial charge in [-0.25, -0.2) is 0 Å². The molecule has 4 heteroatoms. The van der Waals surface area contributed by atoms with Crippen LogP contribution in [0.3, 0.4) is 0 Å². The van der Waals surface area contributed by atoms with Crippen molar-refractivity contribution in [3.05, 3.63) is 34.9 Å². The van der Waals surface area contributed by atoms with Crippen molar-refractivity contribution in [2.45, 2.75) is 71.9 Å². The number of amides is 1. The highest BCUT2D eigenvalue weighted by Gasteiger charge is 2.26. The lowest BCUT2D eigenvalue weighted by Crippen LogP contribution is -2.46. The van der Waals surface area contributed by atoms with E-state index in [1.807, 2.05) is 32.0 Å². The maximum atomic E-state index is 12.3. The van der Waals surface area contributed by atoms with Crippen molar-refractivity contribution in [3.8, 4) is 0 Å². The fourth-order valence-electron chi connectivity index (χ4n) is 3.20. The molecule has 0 aliphatic heterocycles. The Labute approximate surface area is 145 Å². The Morgan fingerprint density at radius 2 is 1.92 bits per heavy atom. The summed E-state index contributed by atoms with van der Waals surface area (Å²) in [7, 11) is 0. The molecule has 2 rings (SSSR count). The second-order valence-electron chi connectivity index (χ2n) is 7.10. The van der Waals surface area contributed by atoms with E-state index in [1.165, 1.54) is 12.0 Å². The quantitative estimate of drug-likeness (QED) is 0.841. The fraction of sp³-hybridized carbons (Fsp3) is 0.600. The van der Waals surface area contributed by atoms with Crippen molar-refractivity contribution >= 4 is 11.9 Å². The van der Waals surface area contributed by atoms with Crippen LogP contribution in [0.4, 0.5) is 0 Å². The molecule has 1 aliphatic rings. The first-order chi connectivity index (χ1) is 11.4. The van der Waals surface area contributed by atoms with Crippen LogP contribution in [0, 0.1) is 19.8 Å². The molecule has 1 fully saturated rings. The van der Waals surface area contributed by atoms with Gasteiger partial charge in [-0.15, -0.1) is 0 Å². The number of nitrogens with one attached hydrogen (secondary N) is 1. The minimum absolute atomic E-state index is 0.192. The molecule has 1 saturated carbocycles. The van der Waals surface area contributed by atoms with Crippen molar-refractivity contribution in [2.24, 2.45) is 5.92 Å². The van der Waals surface area contributed by atoms with Gasteiger partial charge in [0.05, 0.1) is 6.42 Å². The summed E-state index contributed by atoms with van der Waals surface area (Å²) in [4.78, 5) is 24.3. The first kappa shape index (κ1) is 18.5. The highest BCUT2D eigenvalue weighted by molar-refractivity contribution is 5.84. The van der Waals surface area contributed by atoms with E-state index in [1.54, 1.807) is 6.92 Å². The predicted octanol–water partition coefficient (Wildman–Crippen LogP) is 3.47. The van der Waals surface area contributed by atoms with Crippen molar-refractivity contribution in [3.63, 3.8) is 0 Å². The number of hydrogen-bond acceptors (Lipinski definition) is 3. The maximum absolute atomic E-state index is 12.3. The number of rotatable bonds is 5. The van der Waals surface area contributed by atoms with Gasteiger partial charge in [-0.1, -0.05) is 38.0 Å². The van der Waals surface area contributed by atoms with Crippen LogP contribution < -0.4 is 5.32 Å². The smallest absolute Gasteiger partial charge is 0.311 e. The molecule has 132 valence electrons. The third-order valence-electron chi connectivity index (χ3n) is 5.04. The van der Waals surface area contributed by atoms with Crippen molar-refractivity contribution < 1.29 is 14.3 Å². The Kier molecular flexibility index (Phi) is 6.41. The topological polar surface area (TPSA) is 55.4 Å². The lowest BCUT2D eigenvalue weighted by Gasteiger charge is -2.30. The van der Waals surface area contributed by atoms with E-state index in [-0.39, 0.29) is 24.3 Å². The third-order valence-corrected chi connectivity index (χ3v) is 5.04. The molecule has 1 N–H and O–H groups in total. The predicted molar refractivity (Wildman–Crippen MR) is 94.7 cm³/mol. The minimum Gasteiger partial charge on any atom is -0.452 e. The van der Waals surface area contributed by atoms with Crippen LogP contribution >= 0.6 is 0 Å². The molecule has 0 heterocycles. The second-order valence-corrected chi connectivity index (χ2v) is 7.10. The zero-order valence-electron chi connectivity index (χ0n) is 15.2. The molecule has 0 aromatic heterocycles. The molecular formula is C20H29NO3. The molecule has 1 amide bonds. The SMILES string of the molecule is Cc1ccc(CC(=O)O[C@H](C)C(=O)N[C@H]2CCCC[C@@H]2C)cc1C. The standard InChI is InChI=1S/C20H29NO3/c1-13-9-10-17(11-15(13)3)12-19(22)24-16(4)20(23)21-18-8-6-5-7-14(18)2/h9-11,14,16,18H,5-8,12H2,1-4H3,(H,21,23)/t14-,16+,18-/m0/s1. The summed E-state index contributed by atoms with van der Waals surface area (Å²) < 4.78 is 5.31. The highest BCUT2D eigenvalue weighted by Crippen LogP contribution is 2.23. The van der Waals surface area contributed by atoms with Gasteiger partial charge < -0.3 is 10.1 Å². The Morgan fingerprint density at radius 1 is 1.21 bits per heavy atom.